The summed E-state index contributed by atoms with van der Waals surface area (Å²) in [4.78, 5) is 25.6. The molecule has 7 nitrogen and oxygen atoms in total. The van der Waals surface area contributed by atoms with Gasteiger partial charge in [-0.2, -0.15) is 0 Å². The molecule has 0 aliphatic carbocycles. The number of rotatable bonds is 6. The molecular weight excluding hydrogens is 408 g/mol. The van der Waals surface area contributed by atoms with E-state index < -0.39 is 17.9 Å². The van der Waals surface area contributed by atoms with Gasteiger partial charge in [-0.15, -0.1) is 0 Å². The molecule has 0 radical (unpaired) electrons. The lowest BCUT2D eigenvalue weighted by atomic mass is 9.87. The summed E-state index contributed by atoms with van der Waals surface area (Å²) >= 11 is 0. The highest BCUT2D eigenvalue weighted by Crippen LogP contribution is 2.43. The third-order valence-electron chi connectivity index (χ3n) is 5.07. The Morgan fingerprint density at radius 3 is 2.03 bits per heavy atom. The molecule has 0 spiro atoms. The maximum absolute atomic E-state index is 13.1. The second-order valence-corrected chi connectivity index (χ2v) is 7.25. The molecule has 0 fully saturated rings. The summed E-state index contributed by atoms with van der Waals surface area (Å²) in [6.45, 7) is 4.08. The molecule has 0 saturated carbocycles. The van der Waals surface area contributed by atoms with Crippen LogP contribution in [0.25, 0.3) is 0 Å². The van der Waals surface area contributed by atoms with E-state index in [9.17, 15) is 9.59 Å². The predicted octanol–water partition coefficient (Wildman–Crippen LogP) is 3.94. The first-order valence-electron chi connectivity index (χ1n) is 10.4. The Labute approximate surface area is 186 Å². The molecule has 2 N–H and O–H groups in total. The molecule has 7 heteroatoms. The summed E-state index contributed by atoms with van der Waals surface area (Å²) in [5.41, 5.74) is 6.46. The Kier molecular flexibility index (Phi) is 6.26. The zero-order valence-electron chi connectivity index (χ0n) is 17.8. The fourth-order valence-electron chi connectivity index (χ4n) is 3.53. The number of benzene rings is 3. The maximum atomic E-state index is 13.1. The Hall–Kier alpha value is -4.00. The molecule has 0 bridgehead atoms. The van der Waals surface area contributed by atoms with Gasteiger partial charge >= 0.3 is 0 Å². The Balaban J connectivity index is 1.41. The van der Waals surface area contributed by atoms with E-state index in [1.54, 1.807) is 31.2 Å². The summed E-state index contributed by atoms with van der Waals surface area (Å²) < 4.78 is 17.0. The normalized spacial score (nSPS) is 13.1. The minimum atomic E-state index is -0.817. The fourth-order valence-corrected chi connectivity index (χ4v) is 3.53. The van der Waals surface area contributed by atoms with Crippen molar-refractivity contribution in [3.8, 4) is 23.0 Å². The summed E-state index contributed by atoms with van der Waals surface area (Å²) in [6.07, 6.45) is -0.817. The van der Waals surface area contributed by atoms with Gasteiger partial charge < -0.3 is 14.2 Å². The van der Waals surface area contributed by atoms with Crippen molar-refractivity contribution in [3.05, 3.63) is 83.9 Å². The average Bonchev–Trinajstić information content (AvgIpc) is 2.82. The number of carbonyl (C=O) groups is 2. The van der Waals surface area contributed by atoms with Crippen molar-refractivity contribution < 1.29 is 23.8 Å². The van der Waals surface area contributed by atoms with Crippen LogP contribution in [0.2, 0.25) is 0 Å². The minimum Gasteiger partial charge on any atom is -0.494 e. The summed E-state index contributed by atoms with van der Waals surface area (Å²) in [5, 5.41) is 0. The van der Waals surface area contributed by atoms with Crippen LogP contribution in [0.1, 0.15) is 30.9 Å². The van der Waals surface area contributed by atoms with Crippen LogP contribution in [0.3, 0.4) is 0 Å². The molecule has 2 amide bonds. The SMILES string of the molecule is CCOc1ccc(OC(C)C(=O)NNC(=O)C2c3ccccc3Oc3ccccc32)cc1. The van der Waals surface area contributed by atoms with Crippen molar-refractivity contribution in [1.82, 2.24) is 10.9 Å². The predicted molar refractivity (Wildman–Crippen MR) is 119 cm³/mol. The average molecular weight is 432 g/mol. The molecule has 4 rings (SSSR count). The number of fused-ring (bicyclic) bond motifs is 2. The van der Waals surface area contributed by atoms with Gasteiger partial charge in [-0.25, -0.2) is 0 Å². The molecule has 164 valence electrons. The number of amides is 2. The summed E-state index contributed by atoms with van der Waals surface area (Å²) in [6, 6.07) is 21.7. The standard InChI is InChI=1S/C25H24N2O5/c1-3-30-17-12-14-18(15-13-17)31-16(2)24(28)26-27-25(29)23-19-8-4-6-10-21(19)32-22-11-7-5-9-20(22)23/h4-16,23H,3H2,1-2H3,(H,26,28)(H,27,29). The molecule has 0 saturated heterocycles. The molecule has 1 atom stereocenters. The second kappa shape index (κ2) is 9.43. The lowest BCUT2D eigenvalue weighted by Crippen LogP contribution is -2.49. The van der Waals surface area contributed by atoms with Crippen molar-refractivity contribution >= 4 is 11.8 Å². The zero-order chi connectivity index (χ0) is 22.5. The highest BCUT2D eigenvalue weighted by atomic mass is 16.5. The van der Waals surface area contributed by atoms with E-state index in [0.29, 0.717) is 23.9 Å². The van der Waals surface area contributed by atoms with Crippen LogP contribution < -0.4 is 25.1 Å². The van der Waals surface area contributed by atoms with Gasteiger partial charge in [0.1, 0.15) is 23.0 Å². The largest absolute Gasteiger partial charge is 0.494 e. The quantitative estimate of drug-likeness (QED) is 0.577. The number of carbonyl (C=O) groups excluding carboxylic acids is 2. The van der Waals surface area contributed by atoms with E-state index in [1.165, 1.54) is 0 Å². The number of hydrazine groups is 1. The maximum Gasteiger partial charge on any atom is 0.279 e. The molecule has 32 heavy (non-hydrogen) atoms. The zero-order valence-corrected chi connectivity index (χ0v) is 17.8. The number of hydrogen-bond acceptors (Lipinski definition) is 5. The molecule has 1 heterocycles. The first kappa shape index (κ1) is 21.2. The van der Waals surface area contributed by atoms with E-state index >= 15 is 0 Å². The lowest BCUT2D eigenvalue weighted by Gasteiger charge is -2.27. The lowest BCUT2D eigenvalue weighted by molar-refractivity contribution is -0.133. The van der Waals surface area contributed by atoms with Crippen LogP contribution in [-0.4, -0.2) is 24.5 Å². The first-order valence-corrected chi connectivity index (χ1v) is 10.4. The van der Waals surface area contributed by atoms with E-state index in [4.69, 9.17) is 14.2 Å². The number of nitrogens with one attached hydrogen (secondary N) is 2. The molecule has 3 aromatic carbocycles. The van der Waals surface area contributed by atoms with Crippen molar-refractivity contribution in [2.45, 2.75) is 25.9 Å². The topological polar surface area (TPSA) is 85.9 Å². The molecule has 0 aromatic heterocycles. The highest BCUT2D eigenvalue weighted by molar-refractivity contribution is 5.91. The second-order valence-electron chi connectivity index (χ2n) is 7.25. The first-order chi connectivity index (χ1) is 15.6. The minimum absolute atomic E-state index is 0.366. The van der Waals surface area contributed by atoms with Gasteiger partial charge in [0.05, 0.1) is 12.5 Å². The molecule has 1 aliphatic rings. The monoisotopic (exact) mass is 432 g/mol. The van der Waals surface area contributed by atoms with Gasteiger partial charge in [0.25, 0.3) is 11.8 Å². The van der Waals surface area contributed by atoms with E-state index in [0.717, 1.165) is 16.9 Å². The van der Waals surface area contributed by atoms with Crippen LogP contribution in [0.15, 0.2) is 72.8 Å². The Morgan fingerprint density at radius 1 is 0.875 bits per heavy atom. The van der Waals surface area contributed by atoms with Gasteiger partial charge in [0.2, 0.25) is 0 Å². The van der Waals surface area contributed by atoms with Crippen molar-refractivity contribution in [2.24, 2.45) is 0 Å². The fraction of sp³-hybridized carbons (Fsp3) is 0.200. The van der Waals surface area contributed by atoms with Crippen molar-refractivity contribution in [2.75, 3.05) is 6.61 Å². The van der Waals surface area contributed by atoms with Crippen molar-refractivity contribution in [1.29, 1.82) is 0 Å². The van der Waals surface area contributed by atoms with E-state index in [2.05, 4.69) is 10.9 Å². The Morgan fingerprint density at radius 2 is 1.44 bits per heavy atom. The van der Waals surface area contributed by atoms with E-state index in [1.807, 2.05) is 55.5 Å². The number of hydrogen-bond donors (Lipinski definition) is 2. The summed E-state index contributed by atoms with van der Waals surface area (Å²) in [7, 11) is 0. The third-order valence-corrected chi connectivity index (χ3v) is 5.07. The molecule has 3 aromatic rings. The van der Waals surface area contributed by atoms with Gasteiger partial charge in [-0.1, -0.05) is 36.4 Å². The number of ether oxygens (including phenoxy) is 3. The smallest absolute Gasteiger partial charge is 0.279 e. The van der Waals surface area contributed by atoms with Crippen LogP contribution in [0.4, 0.5) is 0 Å². The molecular formula is C25H24N2O5. The Bertz CT molecular complexity index is 1070. The van der Waals surface area contributed by atoms with Gasteiger partial charge in [0, 0.05) is 11.1 Å². The van der Waals surface area contributed by atoms with Crippen LogP contribution in [-0.2, 0) is 9.59 Å². The van der Waals surface area contributed by atoms with Crippen LogP contribution in [0, 0.1) is 0 Å². The molecule has 1 unspecified atom stereocenters. The molecule has 1 aliphatic heterocycles. The van der Waals surface area contributed by atoms with Gasteiger partial charge in [-0.05, 0) is 50.2 Å². The number of para-hydroxylation sites is 2. The van der Waals surface area contributed by atoms with E-state index in [-0.39, 0.29) is 5.91 Å². The highest BCUT2D eigenvalue weighted by Gasteiger charge is 2.32. The van der Waals surface area contributed by atoms with Crippen molar-refractivity contribution in [3.63, 3.8) is 0 Å². The van der Waals surface area contributed by atoms with Gasteiger partial charge in [-0.3, -0.25) is 20.4 Å². The van der Waals surface area contributed by atoms with Gasteiger partial charge in [0.15, 0.2) is 6.10 Å². The third kappa shape index (κ3) is 4.51. The van der Waals surface area contributed by atoms with Crippen LogP contribution in [0.5, 0.6) is 23.0 Å². The summed E-state index contributed by atoms with van der Waals surface area (Å²) in [5.74, 6) is 1.03. The van der Waals surface area contributed by atoms with Crippen LogP contribution >= 0.6 is 0 Å².